The van der Waals surface area contributed by atoms with Gasteiger partial charge < -0.3 is 4.57 Å². The molecule has 1 aromatic carbocycles. The lowest BCUT2D eigenvalue weighted by Crippen LogP contribution is -2.54. The molecule has 0 spiro atoms. The van der Waals surface area contributed by atoms with Crippen LogP contribution in [0.4, 0.5) is 10.5 Å². The third-order valence-electron chi connectivity index (χ3n) is 4.91. The highest BCUT2D eigenvalue weighted by Gasteiger charge is 2.37. The molecule has 0 unspecified atom stereocenters. The number of nitrogens with one attached hydrogen (secondary N) is 1. The van der Waals surface area contributed by atoms with Gasteiger partial charge in [0.2, 0.25) is 0 Å². The van der Waals surface area contributed by atoms with E-state index < -0.39 is 17.8 Å². The number of carbonyl (C=O) groups is 3. The van der Waals surface area contributed by atoms with Crippen LogP contribution in [0.25, 0.3) is 6.08 Å². The zero-order chi connectivity index (χ0) is 20.7. The summed E-state index contributed by atoms with van der Waals surface area (Å²) in [5, 5.41) is 2.28. The summed E-state index contributed by atoms with van der Waals surface area (Å²) in [7, 11) is 0. The van der Waals surface area contributed by atoms with Gasteiger partial charge in [-0.15, -0.1) is 0 Å². The van der Waals surface area contributed by atoms with E-state index in [4.69, 9.17) is 0 Å². The Labute approximate surface area is 164 Å². The van der Waals surface area contributed by atoms with Gasteiger partial charge >= 0.3 is 6.03 Å². The Hall–Kier alpha value is -3.15. The molecule has 2 heterocycles. The molecular formula is C22H25N3O3. The molecular weight excluding hydrogens is 354 g/mol. The Kier molecular flexibility index (Phi) is 4.98. The minimum Gasteiger partial charge on any atom is -0.346 e. The SMILES string of the molecule is Cc1cc(C)cc(N2C(=O)NC(=O)/C(=C\c3cc(C)n(C(C)C)c3C)C2=O)c1. The highest BCUT2D eigenvalue weighted by Crippen LogP contribution is 2.26. The number of barbiturate groups is 1. The monoisotopic (exact) mass is 379 g/mol. The molecule has 0 atom stereocenters. The van der Waals surface area contributed by atoms with Crippen molar-refractivity contribution in [2.75, 3.05) is 4.90 Å². The van der Waals surface area contributed by atoms with E-state index in [2.05, 4.69) is 23.7 Å². The second kappa shape index (κ2) is 7.11. The number of urea groups is 1. The number of anilines is 1. The van der Waals surface area contributed by atoms with Crippen molar-refractivity contribution in [1.29, 1.82) is 0 Å². The Morgan fingerprint density at radius 1 is 0.929 bits per heavy atom. The van der Waals surface area contributed by atoms with Gasteiger partial charge in [0, 0.05) is 17.4 Å². The average molecular weight is 379 g/mol. The summed E-state index contributed by atoms with van der Waals surface area (Å²) in [5.41, 5.74) is 5.06. The smallest absolute Gasteiger partial charge is 0.335 e. The Bertz CT molecular complexity index is 1010. The third-order valence-corrected chi connectivity index (χ3v) is 4.91. The summed E-state index contributed by atoms with van der Waals surface area (Å²) in [5.74, 6) is -1.29. The van der Waals surface area contributed by atoms with Crippen LogP contribution in [0.1, 0.15) is 48.0 Å². The number of benzene rings is 1. The molecule has 0 aliphatic carbocycles. The first-order valence-corrected chi connectivity index (χ1v) is 9.28. The Balaban J connectivity index is 2.08. The van der Waals surface area contributed by atoms with Crippen molar-refractivity contribution in [3.8, 4) is 0 Å². The van der Waals surface area contributed by atoms with Gasteiger partial charge in [-0.25, -0.2) is 9.69 Å². The first kappa shape index (κ1) is 19.6. The molecule has 0 saturated carbocycles. The molecule has 1 aromatic heterocycles. The van der Waals surface area contributed by atoms with Crippen molar-refractivity contribution < 1.29 is 14.4 Å². The van der Waals surface area contributed by atoms with Crippen LogP contribution in [-0.2, 0) is 9.59 Å². The number of imide groups is 2. The van der Waals surface area contributed by atoms with Gasteiger partial charge in [-0.3, -0.25) is 14.9 Å². The van der Waals surface area contributed by atoms with Gasteiger partial charge in [0.25, 0.3) is 11.8 Å². The fraction of sp³-hybridized carbons (Fsp3) is 0.318. The number of hydrogen-bond acceptors (Lipinski definition) is 3. The van der Waals surface area contributed by atoms with Crippen LogP contribution >= 0.6 is 0 Å². The average Bonchev–Trinajstić information content (AvgIpc) is 2.84. The molecule has 3 rings (SSSR count). The summed E-state index contributed by atoms with van der Waals surface area (Å²) in [6, 6.07) is 6.94. The van der Waals surface area contributed by atoms with Crippen molar-refractivity contribution in [2.45, 2.75) is 47.6 Å². The van der Waals surface area contributed by atoms with E-state index in [1.54, 1.807) is 18.2 Å². The van der Waals surface area contributed by atoms with Crippen molar-refractivity contribution in [1.82, 2.24) is 9.88 Å². The lowest BCUT2D eigenvalue weighted by atomic mass is 10.1. The van der Waals surface area contributed by atoms with Crippen LogP contribution in [0.15, 0.2) is 29.8 Å². The van der Waals surface area contributed by atoms with Crippen LogP contribution in [0.2, 0.25) is 0 Å². The van der Waals surface area contributed by atoms with Gasteiger partial charge in [-0.2, -0.15) is 0 Å². The number of hydrogen-bond donors (Lipinski definition) is 1. The summed E-state index contributed by atoms with van der Waals surface area (Å²) >= 11 is 0. The zero-order valence-corrected chi connectivity index (χ0v) is 17.1. The molecule has 6 nitrogen and oxygen atoms in total. The van der Waals surface area contributed by atoms with Crippen LogP contribution in [0.3, 0.4) is 0 Å². The molecule has 1 saturated heterocycles. The second-order valence-corrected chi connectivity index (χ2v) is 7.59. The first-order valence-electron chi connectivity index (χ1n) is 9.28. The quantitative estimate of drug-likeness (QED) is 0.648. The molecule has 4 amide bonds. The van der Waals surface area contributed by atoms with Crippen LogP contribution in [-0.4, -0.2) is 22.4 Å². The molecule has 1 fully saturated rings. The predicted octanol–water partition coefficient (Wildman–Crippen LogP) is 3.97. The van der Waals surface area contributed by atoms with Gasteiger partial charge in [0.05, 0.1) is 5.69 Å². The van der Waals surface area contributed by atoms with E-state index in [9.17, 15) is 14.4 Å². The zero-order valence-electron chi connectivity index (χ0n) is 17.1. The number of carbonyl (C=O) groups excluding carboxylic acids is 3. The Morgan fingerprint density at radius 2 is 1.54 bits per heavy atom. The minimum absolute atomic E-state index is 0.0530. The van der Waals surface area contributed by atoms with E-state index in [0.717, 1.165) is 33.0 Å². The Morgan fingerprint density at radius 3 is 2.07 bits per heavy atom. The lowest BCUT2D eigenvalue weighted by molar-refractivity contribution is -0.122. The lowest BCUT2D eigenvalue weighted by Gasteiger charge is -2.27. The largest absolute Gasteiger partial charge is 0.346 e. The molecule has 1 N–H and O–H groups in total. The van der Waals surface area contributed by atoms with Crippen molar-refractivity contribution in [3.05, 3.63) is 57.9 Å². The standard InChI is InChI=1S/C22H25N3O3/c1-12(2)24-15(5)10-17(16(24)6)11-19-20(26)23-22(28)25(21(19)27)18-8-13(3)7-14(4)9-18/h7-12H,1-6H3,(H,23,26,28)/b19-11+. The molecule has 1 aliphatic heterocycles. The van der Waals surface area contributed by atoms with Gasteiger partial charge in [-0.05, 0) is 82.5 Å². The van der Waals surface area contributed by atoms with Gasteiger partial charge in [0.1, 0.15) is 5.57 Å². The van der Waals surface area contributed by atoms with Crippen molar-refractivity contribution >= 4 is 29.6 Å². The van der Waals surface area contributed by atoms with E-state index in [1.807, 2.05) is 39.8 Å². The van der Waals surface area contributed by atoms with E-state index in [-0.39, 0.29) is 11.6 Å². The first-order chi connectivity index (χ1) is 13.1. The number of amides is 4. The minimum atomic E-state index is -0.732. The third kappa shape index (κ3) is 3.38. The molecule has 2 aromatic rings. The van der Waals surface area contributed by atoms with Crippen LogP contribution in [0.5, 0.6) is 0 Å². The van der Waals surface area contributed by atoms with E-state index in [1.165, 1.54) is 0 Å². The van der Waals surface area contributed by atoms with E-state index >= 15 is 0 Å². The fourth-order valence-electron chi connectivity index (χ4n) is 3.87. The van der Waals surface area contributed by atoms with Crippen LogP contribution in [0, 0.1) is 27.7 Å². The maximum atomic E-state index is 13.1. The highest BCUT2D eigenvalue weighted by molar-refractivity contribution is 6.39. The molecule has 0 bridgehead atoms. The van der Waals surface area contributed by atoms with Crippen molar-refractivity contribution in [3.63, 3.8) is 0 Å². The molecule has 28 heavy (non-hydrogen) atoms. The molecule has 1 aliphatic rings. The maximum Gasteiger partial charge on any atom is 0.335 e. The molecule has 0 radical (unpaired) electrons. The van der Waals surface area contributed by atoms with Gasteiger partial charge in [-0.1, -0.05) is 6.07 Å². The molecule has 146 valence electrons. The number of nitrogens with zero attached hydrogens (tertiary/aromatic N) is 2. The summed E-state index contributed by atoms with van der Waals surface area (Å²) in [6.07, 6.45) is 1.57. The summed E-state index contributed by atoms with van der Waals surface area (Å²) < 4.78 is 2.14. The summed E-state index contributed by atoms with van der Waals surface area (Å²) in [6.45, 7) is 11.9. The molecule has 6 heteroatoms. The predicted molar refractivity (Wildman–Crippen MR) is 109 cm³/mol. The number of aryl methyl sites for hydroxylation is 3. The van der Waals surface area contributed by atoms with Gasteiger partial charge in [0.15, 0.2) is 0 Å². The number of aromatic nitrogens is 1. The van der Waals surface area contributed by atoms with Crippen molar-refractivity contribution in [2.24, 2.45) is 0 Å². The van der Waals surface area contributed by atoms with E-state index in [0.29, 0.717) is 5.69 Å². The van der Waals surface area contributed by atoms with Crippen LogP contribution < -0.4 is 10.2 Å². The number of rotatable bonds is 3. The topological polar surface area (TPSA) is 71.4 Å². The second-order valence-electron chi connectivity index (χ2n) is 7.59. The summed E-state index contributed by atoms with van der Waals surface area (Å²) in [4.78, 5) is 38.9. The maximum absolute atomic E-state index is 13.1. The normalized spacial score (nSPS) is 16.3. The highest BCUT2D eigenvalue weighted by atomic mass is 16.2. The fourth-order valence-corrected chi connectivity index (χ4v) is 3.87.